The van der Waals surface area contributed by atoms with Gasteiger partial charge in [0.25, 0.3) is 0 Å². The van der Waals surface area contributed by atoms with E-state index in [-0.39, 0.29) is 22.8 Å². The Balaban J connectivity index is 2.69. The molecule has 1 heterocycles. The smallest absolute Gasteiger partial charge is 0.340 e. The number of carboxylic acids is 1. The molecule has 0 bridgehead atoms. The quantitative estimate of drug-likeness (QED) is 0.804. The van der Waals surface area contributed by atoms with Crippen LogP contribution in [0.3, 0.4) is 0 Å². The molecule has 7 nitrogen and oxygen atoms in total. The fraction of sp³-hybridized carbons (Fsp3) is 0.154. The van der Waals surface area contributed by atoms with Crippen LogP contribution >= 0.6 is 0 Å². The van der Waals surface area contributed by atoms with Gasteiger partial charge in [-0.2, -0.15) is 0 Å². The second kappa shape index (κ2) is 5.43. The van der Waals surface area contributed by atoms with Crippen molar-refractivity contribution in [2.45, 2.75) is 0 Å². The molecule has 104 valence electrons. The number of aromatic carboxylic acids is 1. The topological polar surface area (TPSA) is 102 Å². The number of ether oxygens (including phenoxy) is 2. The number of H-pyrrole nitrogens is 1. The van der Waals surface area contributed by atoms with Gasteiger partial charge >= 0.3 is 5.97 Å². The summed E-state index contributed by atoms with van der Waals surface area (Å²) < 4.78 is 10.2. The number of hydrogen-bond acceptors (Lipinski definition) is 5. The number of carbonyl (C=O) groups is 2. The maximum absolute atomic E-state index is 11.5. The molecule has 0 spiro atoms. The largest absolute Gasteiger partial charge is 0.493 e. The summed E-state index contributed by atoms with van der Waals surface area (Å²) in [7, 11) is 2.77. The summed E-state index contributed by atoms with van der Waals surface area (Å²) in [4.78, 5) is 28.9. The van der Waals surface area contributed by atoms with Gasteiger partial charge in [-0.1, -0.05) is 0 Å². The third-order valence-electron chi connectivity index (χ3n) is 2.73. The van der Waals surface area contributed by atoms with E-state index in [1.54, 1.807) is 6.07 Å². The number of hydrogen-bond donors (Lipinski definition) is 2. The van der Waals surface area contributed by atoms with Crippen molar-refractivity contribution in [3.63, 3.8) is 0 Å². The molecule has 2 N–H and O–H groups in total. The minimum absolute atomic E-state index is 0.0846. The van der Waals surface area contributed by atoms with Gasteiger partial charge in [0.15, 0.2) is 17.8 Å². The zero-order chi connectivity index (χ0) is 14.7. The van der Waals surface area contributed by atoms with Gasteiger partial charge in [-0.05, 0) is 12.1 Å². The van der Waals surface area contributed by atoms with Gasteiger partial charge in [0.2, 0.25) is 0 Å². The van der Waals surface area contributed by atoms with Crippen LogP contribution in [-0.4, -0.2) is 41.5 Å². The molecule has 1 aromatic carbocycles. The number of nitrogens with one attached hydrogen (secondary N) is 1. The summed E-state index contributed by atoms with van der Waals surface area (Å²) in [6, 6.07) is 3.11. The number of carbonyl (C=O) groups excluding carboxylic acids is 1. The van der Waals surface area contributed by atoms with Crippen molar-refractivity contribution in [2.75, 3.05) is 14.2 Å². The molecule has 0 unspecified atom stereocenters. The number of carboxylic acid groups (broad SMARTS) is 1. The van der Waals surface area contributed by atoms with E-state index in [4.69, 9.17) is 9.47 Å². The first-order valence-electron chi connectivity index (χ1n) is 5.61. The maximum Gasteiger partial charge on any atom is 0.340 e. The summed E-state index contributed by atoms with van der Waals surface area (Å²) >= 11 is 0. The lowest BCUT2D eigenvalue weighted by Crippen LogP contribution is -2.05. The van der Waals surface area contributed by atoms with E-state index in [1.807, 2.05) is 0 Å². The van der Waals surface area contributed by atoms with Crippen molar-refractivity contribution in [3.05, 3.63) is 29.6 Å². The Morgan fingerprint density at radius 1 is 1.35 bits per heavy atom. The van der Waals surface area contributed by atoms with E-state index in [0.717, 1.165) is 0 Å². The van der Waals surface area contributed by atoms with Crippen LogP contribution in [0.4, 0.5) is 0 Å². The van der Waals surface area contributed by atoms with E-state index in [9.17, 15) is 14.7 Å². The van der Waals surface area contributed by atoms with Gasteiger partial charge in [-0.15, -0.1) is 0 Å². The fourth-order valence-electron chi connectivity index (χ4n) is 1.87. The normalized spacial score (nSPS) is 10.1. The molecule has 0 fully saturated rings. The predicted octanol–water partition coefficient (Wildman–Crippen LogP) is 1.60. The molecule has 0 aliphatic carbocycles. The van der Waals surface area contributed by atoms with Crippen LogP contribution < -0.4 is 9.47 Å². The second-order valence-electron chi connectivity index (χ2n) is 3.82. The zero-order valence-electron chi connectivity index (χ0n) is 10.8. The summed E-state index contributed by atoms with van der Waals surface area (Å²) in [5.74, 6) is -0.511. The first kappa shape index (κ1) is 13.6. The number of aromatic nitrogens is 2. The van der Waals surface area contributed by atoms with Gasteiger partial charge in [0.1, 0.15) is 17.1 Å². The molecular weight excluding hydrogens is 264 g/mol. The fourth-order valence-corrected chi connectivity index (χ4v) is 1.87. The molecule has 20 heavy (non-hydrogen) atoms. The van der Waals surface area contributed by atoms with Crippen LogP contribution in [0, 0.1) is 0 Å². The van der Waals surface area contributed by atoms with Gasteiger partial charge in [0.05, 0.1) is 14.2 Å². The number of methoxy groups -OCH3 is 2. The molecule has 2 rings (SSSR count). The average molecular weight is 276 g/mol. The number of nitrogens with zero attached hydrogens (tertiary/aromatic N) is 1. The summed E-state index contributed by atoms with van der Waals surface area (Å²) in [6.45, 7) is 0. The highest BCUT2D eigenvalue weighted by molar-refractivity contribution is 5.99. The van der Waals surface area contributed by atoms with Crippen molar-refractivity contribution in [1.82, 2.24) is 9.97 Å². The molecule has 7 heteroatoms. The highest BCUT2D eigenvalue weighted by Gasteiger charge is 2.23. The molecule has 0 amide bonds. The highest BCUT2D eigenvalue weighted by Crippen LogP contribution is 2.37. The van der Waals surface area contributed by atoms with Gasteiger partial charge in [0, 0.05) is 11.8 Å². The first-order chi connectivity index (χ1) is 9.62. The van der Waals surface area contributed by atoms with Crippen LogP contribution in [0.1, 0.15) is 20.8 Å². The van der Waals surface area contributed by atoms with Crippen LogP contribution in [0.25, 0.3) is 11.4 Å². The molecule has 2 aromatic rings. The van der Waals surface area contributed by atoms with Crippen LogP contribution in [0.5, 0.6) is 11.5 Å². The number of imidazole rings is 1. The molecule has 0 radical (unpaired) electrons. The van der Waals surface area contributed by atoms with Gasteiger partial charge in [-0.3, -0.25) is 4.79 Å². The predicted molar refractivity (Wildman–Crippen MR) is 69.5 cm³/mol. The van der Waals surface area contributed by atoms with Crippen molar-refractivity contribution in [3.8, 4) is 22.9 Å². The average Bonchev–Trinajstić information content (AvgIpc) is 2.94. The number of benzene rings is 1. The van der Waals surface area contributed by atoms with Crippen molar-refractivity contribution < 1.29 is 24.2 Å². The molecule has 0 aliphatic heterocycles. The van der Waals surface area contributed by atoms with E-state index in [0.29, 0.717) is 17.6 Å². The summed E-state index contributed by atoms with van der Waals surface area (Å²) in [5.41, 5.74) is 0.410. The molecule has 0 saturated carbocycles. The first-order valence-corrected chi connectivity index (χ1v) is 5.61. The van der Waals surface area contributed by atoms with Crippen molar-refractivity contribution >= 4 is 12.3 Å². The minimum Gasteiger partial charge on any atom is -0.493 e. The SMILES string of the molecule is COc1ccc(-c2nc(C=O)c[nH]2)c(C(=O)O)c1OC. The van der Waals surface area contributed by atoms with E-state index in [2.05, 4.69) is 9.97 Å². The van der Waals surface area contributed by atoms with Crippen molar-refractivity contribution in [1.29, 1.82) is 0 Å². The second-order valence-corrected chi connectivity index (χ2v) is 3.82. The highest BCUT2D eigenvalue weighted by atomic mass is 16.5. The Morgan fingerprint density at radius 2 is 2.10 bits per heavy atom. The third kappa shape index (κ3) is 2.20. The Bertz CT molecular complexity index is 663. The van der Waals surface area contributed by atoms with Crippen LogP contribution in [-0.2, 0) is 0 Å². The molecule has 1 aromatic heterocycles. The zero-order valence-corrected chi connectivity index (χ0v) is 10.8. The lowest BCUT2D eigenvalue weighted by Gasteiger charge is -2.13. The lowest BCUT2D eigenvalue weighted by molar-refractivity contribution is 0.0693. The Morgan fingerprint density at radius 3 is 2.60 bits per heavy atom. The third-order valence-corrected chi connectivity index (χ3v) is 2.73. The molecule has 0 saturated heterocycles. The van der Waals surface area contributed by atoms with Crippen molar-refractivity contribution in [2.24, 2.45) is 0 Å². The van der Waals surface area contributed by atoms with Crippen LogP contribution in [0.15, 0.2) is 18.3 Å². The minimum atomic E-state index is -1.18. The monoisotopic (exact) mass is 276 g/mol. The molecule has 0 aliphatic rings. The number of rotatable bonds is 5. The van der Waals surface area contributed by atoms with E-state index in [1.165, 1.54) is 26.5 Å². The standard InChI is InChI=1S/C13H12N2O5/c1-19-9-4-3-8(10(13(17)18)11(9)20-2)12-14-5-7(6-16)15-12/h3-6H,1-2H3,(H,14,15)(H,17,18). The summed E-state index contributed by atoms with van der Waals surface area (Å²) in [5, 5.41) is 9.38. The molecular formula is C13H12N2O5. The number of aromatic amines is 1. The van der Waals surface area contributed by atoms with Gasteiger partial charge in [-0.25, -0.2) is 9.78 Å². The molecule has 0 atom stereocenters. The van der Waals surface area contributed by atoms with Gasteiger partial charge < -0.3 is 19.6 Å². The Labute approximate surface area is 114 Å². The maximum atomic E-state index is 11.5. The Hall–Kier alpha value is -2.83. The summed E-state index contributed by atoms with van der Waals surface area (Å²) in [6.07, 6.45) is 1.96. The van der Waals surface area contributed by atoms with E-state index >= 15 is 0 Å². The van der Waals surface area contributed by atoms with Crippen LogP contribution in [0.2, 0.25) is 0 Å². The lowest BCUT2D eigenvalue weighted by atomic mass is 10.0. The number of aldehydes is 1. The van der Waals surface area contributed by atoms with E-state index < -0.39 is 5.97 Å². The Kier molecular flexibility index (Phi) is 3.69.